The van der Waals surface area contributed by atoms with Gasteiger partial charge in [-0.15, -0.1) is 10.2 Å². The van der Waals surface area contributed by atoms with E-state index in [-0.39, 0.29) is 11.8 Å². The molecular formula is C13H13BrN4O2S2. The van der Waals surface area contributed by atoms with E-state index in [0.29, 0.717) is 25.3 Å². The van der Waals surface area contributed by atoms with Crippen molar-refractivity contribution in [1.82, 2.24) is 15.1 Å². The van der Waals surface area contributed by atoms with Crippen LogP contribution < -0.4 is 5.32 Å². The molecule has 2 rings (SSSR count). The van der Waals surface area contributed by atoms with Crippen LogP contribution in [0.4, 0.5) is 5.13 Å². The SMILES string of the molecule is CN(C)C(=O)CSc1nnc(NC(=O)c2ccccc2Br)s1. The lowest BCUT2D eigenvalue weighted by atomic mass is 10.2. The van der Waals surface area contributed by atoms with Gasteiger partial charge in [-0.2, -0.15) is 0 Å². The van der Waals surface area contributed by atoms with Crippen molar-refractivity contribution in [3.8, 4) is 0 Å². The molecule has 1 aromatic carbocycles. The number of nitrogens with one attached hydrogen (secondary N) is 1. The fourth-order valence-corrected chi connectivity index (χ4v) is 3.57. The Labute approximate surface area is 144 Å². The molecule has 0 atom stereocenters. The third kappa shape index (κ3) is 4.52. The van der Waals surface area contributed by atoms with Crippen LogP contribution in [0.15, 0.2) is 33.1 Å². The number of benzene rings is 1. The van der Waals surface area contributed by atoms with Crippen molar-refractivity contribution < 1.29 is 9.59 Å². The molecule has 0 bridgehead atoms. The molecule has 0 fully saturated rings. The van der Waals surface area contributed by atoms with E-state index < -0.39 is 0 Å². The lowest BCUT2D eigenvalue weighted by molar-refractivity contribution is -0.125. The largest absolute Gasteiger partial charge is 0.348 e. The van der Waals surface area contributed by atoms with Gasteiger partial charge in [0.1, 0.15) is 0 Å². The van der Waals surface area contributed by atoms with E-state index in [2.05, 4.69) is 31.4 Å². The average Bonchev–Trinajstić information content (AvgIpc) is 2.92. The molecular weight excluding hydrogens is 388 g/mol. The van der Waals surface area contributed by atoms with E-state index in [1.807, 2.05) is 6.07 Å². The van der Waals surface area contributed by atoms with Crippen molar-refractivity contribution >= 4 is 56.0 Å². The van der Waals surface area contributed by atoms with Crippen LogP contribution in [-0.2, 0) is 4.79 Å². The van der Waals surface area contributed by atoms with Gasteiger partial charge in [0.25, 0.3) is 5.91 Å². The molecule has 9 heteroatoms. The molecule has 0 spiro atoms. The van der Waals surface area contributed by atoms with Crippen LogP contribution in [-0.4, -0.2) is 46.8 Å². The standard InChI is InChI=1S/C13H13BrN4O2S2/c1-18(2)10(19)7-21-13-17-16-12(22-13)15-11(20)8-5-3-4-6-9(8)14/h3-6H,7H2,1-2H3,(H,15,16,20). The third-order valence-corrected chi connectivity index (χ3v) is 5.21. The van der Waals surface area contributed by atoms with Crippen LogP contribution in [0.5, 0.6) is 0 Å². The van der Waals surface area contributed by atoms with Gasteiger partial charge in [-0.05, 0) is 28.1 Å². The second-order valence-corrected chi connectivity index (χ2v) is 7.44. The Balaban J connectivity index is 1.96. The smallest absolute Gasteiger partial charge is 0.258 e. The third-order valence-electron chi connectivity index (χ3n) is 2.56. The van der Waals surface area contributed by atoms with Gasteiger partial charge in [-0.1, -0.05) is 35.2 Å². The maximum absolute atomic E-state index is 12.1. The van der Waals surface area contributed by atoms with E-state index in [0.717, 1.165) is 0 Å². The molecule has 0 aliphatic carbocycles. The molecule has 1 N–H and O–H groups in total. The molecule has 0 radical (unpaired) electrons. The number of carbonyl (C=O) groups excluding carboxylic acids is 2. The van der Waals surface area contributed by atoms with Crippen LogP contribution in [0.25, 0.3) is 0 Å². The lowest BCUT2D eigenvalue weighted by Gasteiger charge is -2.07. The molecule has 1 aromatic heterocycles. The Morgan fingerprint density at radius 3 is 2.73 bits per heavy atom. The maximum atomic E-state index is 12.1. The Bertz CT molecular complexity index is 690. The molecule has 2 amide bonds. The Kier molecular flexibility index (Phi) is 5.92. The summed E-state index contributed by atoms with van der Waals surface area (Å²) in [6.07, 6.45) is 0. The lowest BCUT2D eigenvalue weighted by Crippen LogP contribution is -2.23. The van der Waals surface area contributed by atoms with Crippen LogP contribution in [0, 0.1) is 0 Å². The van der Waals surface area contributed by atoms with E-state index in [1.54, 1.807) is 32.3 Å². The van der Waals surface area contributed by atoms with E-state index in [4.69, 9.17) is 0 Å². The number of amides is 2. The molecule has 0 aliphatic rings. The van der Waals surface area contributed by atoms with Gasteiger partial charge < -0.3 is 4.90 Å². The molecule has 116 valence electrons. The first-order valence-electron chi connectivity index (χ1n) is 6.19. The highest BCUT2D eigenvalue weighted by molar-refractivity contribution is 9.10. The quantitative estimate of drug-likeness (QED) is 0.616. The summed E-state index contributed by atoms with van der Waals surface area (Å²) < 4.78 is 1.35. The molecule has 0 saturated heterocycles. The number of hydrogen-bond donors (Lipinski definition) is 1. The number of nitrogens with zero attached hydrogens (tertiary/aromatic N) is 3. The fourth-order valence-electron chi connectivity index (χ4n) is 1.38. The number of carbonyl (C=O) groups is 2. The average molecular weight is 401 g/mol. The number of hydrogen-bond acceptors (Lipinski definition) is 6. The van der Waals surface area contributed by atoms with Crippen molar-refractivity contribution in [2.24, 2.45) is 0 Å². The van der Waals surface area contributed by atoms with Crippen LogP contribution in [0.1, 0.15) is 10.4 Å². The summed E-state index contributed by atoms with van der Waals surface area (Å²) in [5, 5.41) is 11.0. The van der Waals surface area contributed by atoms with Crippen molar-refractivity contribution in [3.63, 3.8) is 0 Å². The zero-order chi connectivity index (χ0) is 16.1. The number of rotatable bonds is 5. The number of halogens is 1. The number of anilines is 1. The number of aromatic nitrogens is 2. The zero-order valence-electron chi connectivity index (χ0n) is 11.9. The minimum Gasteiger partial charge on any atom is -0.348 e. The molecule has 1 heterocycles. The van der Waals surface area contributed by atoms with Crippen molar-refractivity contribution in [2.45, 2.75) is 4.34 Å². The predicted octanol–water partition coefficient (Wildman–Crippen LogP) is 2.73. The second kappa shape index (κ2) is 7.70. The summed E-state index contributed by atoms with van der Waals surface area (Å²) in [4.78, 5) is 25.2. The molecule has 0 saturated carbocycles. The summed E-state index contributed by atoms with van der Waals surface area (Å²) in [5.74, 6) is 0.0309. The summed E-state index contributed by atoms with van der Waals surface area (Å²) in [5.41, 5.74) is 0.523. The van der Waals surface area contributed by atoms with Gasteiger partial charge in [-0.3, -0.25) is 14.9 Å². The maximum Gasteiger partial charge on any atom is 0.258 e. The monoisotopic (exact) mass is 400 g/mol. The van der Waals surface area contributed by atoms with Gasteiger partial charge >= 0.3 is 0 Å². The Morgan fingerprint density at radius 1 is 1.32 bits per heavy atom. The summed E-state index contributed by atoms with van der Waals surface area (Å²) in [7, 11) is 3.40. The highest BCUT2D eigenvalue weighted by Crippen LogP contribution is 2.26. The van der Waals surface area contributed by atoms with Crippen LogP contribution in [0.2, 0.25) is 0 Å². The van der Waals surface area contributed by atoms with Gasteiger partial charge in [0.05, 0.1) is 11.3 Å². The van der Waals surface area contributed by atoms with Crippen molar-refractivity contribution in [2.75, 3.05) is 25.2 Å². The second-order valence-electron chi connectivity index (χ2n) is 4.38. The predicted molar refractivity (Wildman–Crippen MR) is 91.4 cm³/mol. The fraction of sp³-hybridized carbons (Fsp3) is 0.231. The van der Waals surface area contributed by atoms with Crippen LogP contribution >= 0.6 is 39.0 Å². The topological polar surface area (TPSA) is 75.2 Å². The van der Waals surface area contributed by atoms with E-state index in [1.165, 1.54) is 28.0 Å². The molecule has 6 nitrogen and oxygen atoms in total. The Morgan fingerprint density at radius 2 is 2.05 bits per heavy atom. The minimum atomic E-state index is -0.260. The molecule has 2 aromatic rings. The van der Waals surface area contributed by atoms with E-state index in [9.17, 15) is 9.59 Å². The first-order chi connectivity index (χ1) is 10.5. The molecule has 22 heavy (non-hydrogen) atoms. The summed E-state index contributed by atoms with van der Waals surface area (Å²) in [6.45, 7) is 0. The minimum absolute atomic E-state index is 0.000924. The van der Waals surface area contributed by atoms with Gasteiger partial charge in [-0.25, -0.2) is 0 Å². The highest BCUT2D eigenvalue weighted by Gasteiger charge is 2.13. The van der Waals surface area contributed by atoms with Gasteiger partial charge in [0.15, 0.2) is 4.34 Å². The Hall–Kier alpha value is -1.45. The summed E-state index contributed by atoms with van der Waals surface area (Å²) in [6, 6.07) is 7.13. The first-order valence-corrected chi connectivity index (χ1v) is 8.79. The van der Waals surface area contributed by atoms with Crippen LogP contribution in [0.3, 0.4) is 0 Å². The summed E-state index contributed by atoms with van der Waals surface area (Å²) >= 11 is 5.87. The highest BCUT2D eigenvalue weighted by atomic mass is 79.9. The van der Waals surface area contributed by atoms with Gasteiger partial charge in [0, 0.05) is 18.6 Å². The van der Waals surface area contributed by atoms with E-state index >= 15 is 0 Å². The van der Waals surface area contributed by atoms with Crippen molar-refractivity contribution in [3.05, 3.63) is 34.3 Å². The molecule has 0 aliphatic heterocycles. The normalized spacial score (nSPS) is 10.3. The number of thioether (sulfide) groups is 1. The zero-order valence-corrected chi connectivity index (χ0v) is 15.1. The van der Waals surface area contributed by atoms with Gasteiger partial charge in [0.2, 0.25) is 11.0 Å². The molecule has 0 unspecified atom stereocenters. The van der Waals surface area contributed by atoms with Crippen molar-refractivity contribution in [1.29, 1.82) is 0 Å². The first kappa shape index (κ1) is 16.9.